The predicted octanol–water partition coefficient (Wildman–Crippen LogP) is 5.48. The number of hydrogen-bond acceptors (Lipinski definition) is 7. The van der Waals surface area contributed by atoms with Crippen molar-refractivity contribution in [1.82, 2.24) is 0 Å². The molecule has 0 radical (unpaired) electrons. The normalized spacial score (nSPS) is 10.2. The summed E-state index contributed by atoms with van der Waals surface area (Å²) in [4.78, 5) is 12.2. The summed E-state index contributed by atoms with van der Waals surface area (Å²) < 4.78 is 2.80. The van der Waals surface area contributed by atoms with Gasteiger partial charge in [0.25, 0.3) is 0 Å². The molecule has 2 nitrogen and oxygen atoms in total. The molecule has 1 heterocycles. The summed E-state index contributed by atoms with van der Waals surface area (Å²) in [5, 5.41) is 8.60. The van der Waals surface area contributed by atoms with Crippen LogP contribution in [-0.2, 0) is 0 Å². The fourth-order valence-electron chi connectivity index (χ4n) is 1.31. The highest BCUT2D eigenvalue weighted by Gasteiger charge is 2.14. The minimum atomic E-state index is 0.0248. The van der Waals surface area contributed by atoms with E-state index in [0.29, 0.717) is 12.0 Å². The van der Waals surface area contributed by atoms with Gasteiger partial charge in [0.05, 0.1) is 14.5 Å². The lowest BCUT2D eigenvalue weighted by molar-refractivity contribution is 0.108. The molecular formula is C13H9NOS5. The van der Waals surface area contributed by atoms with Gasteiger partial charge in [-0.25, -0.2) is 0 Å². The molecule has 1 aromatic carbocycles. The molecule has 0 amide bonds. The molecule has 7 heteroatoms. The minimum Gasteiger partial charge on any atom is -0.281 e. The van der Waals surface area contributed by atoms with Crippen molar-refractivity contribution in [2.75, 3.05) is 5.75 Å². The number of carbonyl (C=O) groups excluding carboxylic acids is 1. The number of hydrogen-bond donors (Lipinski definition) is 0. The van der Waals surface area contributed by atoms with E-state index in [4.69, 9.17) is 17.5 Å². The van der Waals surface area contributed by atoms with Crippen LogP contribution >= 0.6 is 58.4 Å². The van der Waals surface area contributed by atoms with Gasteiger partial charge in [-0.3, -0.25) is 4.79 Å². The van der Waals surface area contributed by atoms with Crippen LogP contribution in [0.15, 0.2) is 38.8 Å². The van der Waals surface area contributed by atoms with Crippen LogP contribution in [0.4, 0.5) is 0 Å². The second kappa shape index (κ2) is 7.96. The Labute approximate surface area is 138 Å². The fourth-order valence-corrected chi connectivity index (χ4v) is 7.07. The molecule has 0 N–H and O–H groups in total. The number of nitriles is 1. The summed E-state index contributed by atoms with van der Waals surface area (Å²) in [5.74, 6) is 0.728. The highest BCUT2D eigenvalue weighted by atomic mass is 32.2. The van der Waals surface area contributed by atoms with Crippen LogP contribution in [0.1, 0.15) is 16.8 Å². The Kier molecular flexibility index (Phi) is 6.26. The average molecular weight is 356 g/mol. The highest BCUT2D eigenvalue weighted by molar-refractivity contribution is 8.16. The summed E-state index contributed by atoms with van der Waals surface area (Å²) >= 11 is 11.0. The zero-order valence-electron chi connectivity index (χ0n) is 10.2. The van der Waals surface area contributed by atoms with E-state index in [1.807, 2.05) is 30.3 Å². The van der Waals surface area contributed by atoms with Crippen molar-refractivity contribution in [1.29, 1.82) is 5.26 Å². The summed E-state index contributed by atoms with van der Waals surface area (Å²) in [6.45, 7) is 0. The van der Waals surface area contributed by atoms with Crippen molar-refractivity contribution < 1.29 is 4.79 Å². The highest BCUT2D eigenvalue weighted by Crippen LogP contribution is 2.41. The van der Waals surface area contributed by atoms with Gasteiger partial charge < -0.3 is 0 Å². The smallest absolute Gasteiger partial charge is 0.224 e. The second-order valence-corrected chi connectivity index (χ2v) is 9.37. The fraction of sp³-hybridized carbons (Fsp3) is 0.154. The lowest BCUT2D eigenvalue weighted by Crippen LogP contribution is -1.91. The largest absolute Gasteiger partial charge is 0.281 e. The number of carbonyl (C=O) groups is 1. The van der Waals surface area contributed by atoms with Crippen LogP contribution in [-0.4, -0.2) is 10.9 Å². The monoisotopic (exact) mass is 355 g/mol. The first-order valence-electron chi connectivity index (χ1n) is 5.61. The SMILES string of the molecule is N#CCCSc1sc(=S)sc1SC(=O)c1ccccc1. The number of nitrogens with zero attached hydrogens (tertiary/aromatic N) is 1. The second-order valence-electron chi connectivity index (χ2n) is 3.54. The summed E-state index contributed by atoms with van der Waals surface area (Å²) in [7, 11) is 0. The molecule has 0 aliphatic rings. The Morgan fingerprint density at radius 3 is 2.65 bits per heavy atom. The third-order valence-electron chi connectivity index (χ3n) is 2.16. The Morgan fingerprint density at radius 2 is 1.95 bits per heavy atom. The number of benzene rings is 1. The van der Waals surface area contributed by atoms with E-state index in [0.717, 1.165) is 17.3 Å². The number of thioether (sulfide) groups is 2. The maximum Gasteiger partial charge on any atom is 0.224 e. The van der Waals surface area contributed by atoms with E-state index >= 15 is 0 Å². The molecule has 0 fully saturated rings. The first-order chi connectivity index (χ1) is 9.70. The molecule has 2 aromatic rings. The zero-order chi connectivity index (χ0) is 14.4. The van der Waals surface area contributed by atoms with Crippen LogP contribution in [0.5, 0.6) is 0 Å². The van der Waals surface area contributed by atoms with Gasteiger partial charge in [0, 0.05) is 17.7 Å². The van der Waals surface area contributed by atoms with Crippen molar-refractivity contribution in [3.05, 3.63) is 39.0 Å². The maximum absolute atomic E-state index is 12.2. The first-order valence-corrected chi connectivity index (χ1v) is 9.46. The van der Waals surface area contributed by atoms with Crippen molar-refractivity contribution in [2.24, 2.45) is 0 Å². The Morgan fingerprint density at radius 1 is 1.25 bits per heavy atom. The standard InChI is InChI=1S/C13H9NOS5/c14-7-4-8-17-11-12(20-13(16)19-11)18-10(15)9-5-2-1-3-6-9/h1-3,5-6H,4,8H2. The Bertz CT molecular complexity index is 683. The van der Waals surface area contributed by atoms with Gasteiger partial charge in [0.15, 0.2) is 0 Å². The molecule has 0 saturated carbocycles. The van der Waals surface area contributed by atoms with Crippen LogP contribution in [0.2, 0.25) is 0 Å². The van der Waals surface area contributed by atoms with Gasteiger partial charge in [-0.1, -0.05) is 42.5 Å². The molecule has 0 saturated heterocycles. The van der Waals surface area contributed by atoms with Crippen LogP contribution in [0.3, 0.4) is 0 Å². The molecule has 102 valence electrons. The summed E-state index contributed by atoms with van der Waals surface area (Å²) in [5.41, 5.74) is 0.690. The Balaban J connectivity index is 2.11. The first kappa shape index (κ1) is 15.7. The van der Waals surface area contributed by atoms with Crippen molar-refractivity contribution in [2.45, 2.75) is 14.8 Å². The van der Waals surface area contributed by atoms with E-state index in [1.54, 1.807) is 11.8 Å². The average Bonchev–Trinajstić information content (AvgIpc) is 2.80. The van der Waals surface area contributed by atoms with Crippen molar-refractivity contribution in [3.8, 4) is 6.07 Å². The quantitative estimate of drug-likeness (QED) is 0.404. The lowest BCUT2D eigenvalue weighted by atomic mass is 10.2. The predicted molar refractivity (Wildman–Crippen MR) is 90.6 cm³/mol. The number of rotatable bonds is 5. The van der Waals surface area contributed by atoms with Gasteiger partial charge in [0.1, 0.15) is 3.14 Å². The summed E-state index contributed by atoms with van der Waals surface area (Å²) in [6.07, 6.45) is 0.497. The van der Waals surface area contributed by atoms with E-state index in [-0.39, 0.29) is 5.12 Å². The van der Waals surface area contributed by atoms with E-state index in [9.17, 15) is 4.79 Å². The van der Waals surface area contributed by atoms with Gasteiger partial charge in [-0.15, -0.1) is 34.4 Å². The van der Waals surface area contributed by atoms with Crippen LogP contribution < -0.4 is 0 Å². The van der Waals surface area contributed by atoms with Gasteiger partial charge in [0.2, 0.25) is 5.12 Å². The van der Waals surface area contributed by atoms with E-state index < -0.39 is 0 Å². The van der Waals surface area contributed by atoms with Crippen LogP contribution in [0.25, 0.3) is 0 Å². The Hall–Kier alpha value is -0.650. The zero-order valence-corrected chi connectivity index (χ0v) is 14.3. The molecule has 0 aliphatic carbocycles. The molecule has 0 atom stereocenters. The van der Waals surface area contributed by atoms with Crippen molar-refractivity contribution >= 4 is 63.5 Å². The van der Waals surface area contributed by atoms with Gasteiger partial charge >= 0.3 is 0 Å². The molecule has 0 aliphatic heterocycles. The molecule has 0 spiro atoms. The topological polar surface area (TPSA) is 40.9 Å². The molecule has 0 unspecified atom stereocenters. The molecule has 0 bridgehead atoms. The molecular weight excluding hydrogens is 346 g/mol. The minimum absolute atomic E-state index is 0.0248. The lowest BCUT2D eigenvalue weighted by Gasteiger charge is -2.01. The van der Waals surface area contributed by atoms with Gasteiger partial charge in [-0.05, 0) is 11.8 Å². The van der Waals surface area contributed by atoms with E-state index in [1.165, 1.54) is 34.4 Å². The van der Waals surface area contributed by atoms with Crippen molar-refractivity contribution in [3.63, 3.8) is 0 Å². The molecule has 1 aromatic heterocycles. The van der Waals surface area contributed by atoms with Crippen LogP contribution in [0, 0.1) is 14.5 Å². The third-order valence-corrected chi connectivity index (χ3v) is 7.58. The molecule has 2 rings (SSSR count). The third kappa shape index (κ3) is 4.43. The van der Waals surface area contributed by atoms with E-state index in [2.05, 4.69) is 6.07 Å². The van der Waals surface area contributed by atoms with Gasteiger partial charge in [-0.2, -0.15) is 5.26 Å². The molecule has 20 heavy (non-hydrogen) atoms. The maximum atomic E-state index is 12.2. The summed E-state index contributed by atoms with van der Waals surface area (Å²) in [6, 6.07) is 11.3.